The molecule has 0 aliphatic heterocycles. The Hall–Kier alpha value is -2.91. The second-order valence-corrected chi connectivity index (χ2v) is 8.35. The van der Waals surface area contributed by atoms with E-state index in [9.17, 15) is 13.2 Å². The van der Waals surface area contributed by atoms with E-state index in [1.807, 2.05) is 24.3 Å². The van der Waals surface area contributed by atoms with Gasteiger partial charge >= 0.3 is 0 Å². The maximum absolute atomic E-state index is 12.3. The third-order valence-electron chi connectivity index (χ3n) is 3.87. The number of anilines is 1. The lowest BCUT2D eigenvalue weighted by molar-refractivity contribution is 0.0950. The van der Waals surface area contributed by atoms with Crippen LogP contribution in [0.3, 0.4) is 0 Å². The number of methoxy groups -OCH3 is 1. The van der Waals surface area contributed by atoms with Gasteiger partial charge in [0.05, 0.1) is 12.0 Å². The van der Waals surface area contributed by atoms with Gasteiger partial charge in [-0.3, -0.25) is 9.52 Å². The van der Waals surface area contributed by atoms with Crippen molar-refractivity contribution in [2.45, 2.75) is 11.3 Å². The predicted molar refractivity (Wildman–Crippen MR) is 108 cm³/mol. The molecule has 2 N–H and O–H groups in total. The number of amides is 1. The SMILES string of the molecule is COc1ccc(CCNC(=O)c2csc(NS(=O)(=O)c3ccccc3)n2)cc1. The minimum Gasteiger partial charge on any atom is -0.497 e. The first-order valence-electron chi connectivity index (χ1n) is 8.42. The highest BCUT2D eigenvalue weighted by molar-refractivity contribution is 7.93. The van der Waals surface area contributed by atoms with Gasteiger partial charge in [0.25, 0.3) is 15.9 Å². The summed E-state index contributed by atoms with van der Waals surface area (Å²) in [5.41, 5.74) is 1.24. The van der Waals surface area contributed by atoms with Crippen molar-refractivity contribution in [1.29, 1.82) is 0 Å². The normalized spacial score (nSPS) is 11.0. The van der Waals surface area contributed by atoms with E-state index < -0.39 is 10.0 Å². The first-order chi connectivity index (χ1) is 13.5. The molecule has 3 aromatic rings. The first kappa shape index (κ1) is 19.8. The molecule has 0 spiro atoms. The minimum absolute atomic E-state index is 0.135. The van der Waals surface area contributed by atoms with Crippen molar-refractivity contribution in [3.8, 4) is 5.75 Å². The van der Waals surface area contributed by atoms with Crippen LogP contribution in [0.4, 0.5) is 5.13 Å². The van der Waals surface area contributed by atoms with Gasteiger partial charge in [-0.15, -0.1) is 11.3 Å². The monoisotopic (exact) mass is 417 g/mol. The van der Waals surface area contributed by atoms with Crippen LogP contribution in [-0.4, -0.2) is 33.0 Å². The number of aromatic nitrogens is 1. The molecule has 0 atom stereocenters. The van der Waals surface area contributed by atoms with Crippen molar-refractivity contribution < 1.29 is 17.9 Å². The number of carbonyl (C=O) groups is 1. The van der Waals surface area contributed by atoms with E-state index in [-0.39, 0.29) is 21.6 Å². The van der Waals surface area contributed by atoms with Crippen LogP contribution < -0.4 is 14.8 Å². The van der Waals surface area contributed by atoms with Crippen LogP contribution in [0.5, 0.6) is 5.75 Å². The average Bonchev–Trinajstić information content (AvgIpc) is 3.17. The summed E-state index contributed by atoms with van der Waals surface area (Å²) in [6.07, 6.45) is 0.660. The Morgan fingerprint density at radius 1 is 1.11 bits per heavy atom. The minimum atomic E-state index is -3.73. The van der Waals surface area contributed by atoms with Gasteiger partial charge in [0.15, 0.2) is 5.13 Å². The fraction of sp³-hybridized carbons (Fsp3) is 0.158. The van der Waals surface area contributed by atoms with Crippen molar-refractivity contribution in [3.63, 3.8) is 0 Å². The van der Waals surface area contributed by atoms with Gasteiger partial charge in [-0.2, -0.15) is 0 Å². The lowest BCUT2D eigenvalue weighted by atomic mass is 10.1. The Kier molecular flexibility index (Phi) is 6.27. The second kappa shape index (κ2) is 8.85. The highest BCUT2D eigenvalue weighted by atomic mass is 32.2. The number of ether oxygens (including phenoxy) is 1. The lowest BCUT2D eigenvalue weighted by Gasteiger charge is -2.05. The van der Waals surface area contributed by atoms with Crippen molar-refractivity contribution >= 4 is 32.4 Å². The van der Waals surface area contributed by atoms with Crippen molar-refractivity contribution in [3.05, 3.63) is 71.2 Å². The van der Waals surface area contributed by atoms with Crippen LogP contribution in [-0.2, 0) is 16.4 Å². The highest BCUT2D eigenvalue weighted by Crippen LogP contribution is 2.20. The van der Waals surface area contributed by atoms with Crippen molar-refractivity contribution in [1.82, 2.24) is 10.3 Å². The van der Waals surface area contributed by atoms with E-state index in [1.54, 1.807) is 25.3 Å². The van der Waals surface area contributed by atoms with E-state index in [0.717, 1.165) is 22.6 Å². The third kappa shape index (κ3) is 5.08. The molecule has 1 aromatic heterocycles. The van der Waals surface area contributed by atoms with Gasteiger partial charge in [0.2, 0.25) is 0 Å². The third-order valence-corrected chi connectivity index (χ3v) is 6.11. The molecule has 9 heteroatoms. The van der Waals surface area contributed by atoms with Crippen molar-refractivity contribution in [2.75, 3.05) is 18.4 Å². The molecular formula is C19H19N3O4S2. The van der Waals surface area contributed by atoms with E-state index in [0.29, 0.717) is 13.0 Å². The molecule has 0 aliphatic rings. The van der Waals surface area contributed by atoms with Crippen molar-refractivity contribution in [2.24, 2.45) is 0 Å². The highest BCUT2D eigenvalue weighted by Gasteiger charge is 2.17. The summed E-state index contributed by atoms with van der Waals surface area (Å²) in [5.74, 6) is 0.427. The molecule has 0 radical (unpaired) electrons. The molecule has 28 heavy (non-hydrogen) atoms. The van der Waals surface area contributed by atoms with Gasteiger partial charge in [-0.1, -0.05) is 30.3 Å². The van der Waals surface area contributed by atoms with Gasteiger partial charge in [0, 0.05) is 11.9 Å². The summed E-state index contributed by atoms with van der Waals surface area (Å²) < 4.78 is 32.1. The Morgan fingerprint density at radius 2 is 1.82 bits per heavy atom. The molecule has 0 fully saturated rings. The van der Waals surface area contributed by atoms with Gasteiger partial charge < -0.3 is 10.1 Å². The van der Waals surface area contributed by atoms with Gasteiger partial charge in [0.1, 0.15) is 11.4 Å². The smallest absolute Gasteiger partial charge is 0.270 e. The van der Waals surface area contributed by atoms with Gasteiger partial charge in [-0.25, -0.2) is 13.4 Å². The molecule has 146 valence electrons. The first-order valence-corrected chi connectivity index (χ1v) is 10.8. The Labute approximate surface area is 167 Å². The molecular weight excluding hydrogens is 398 g/mol. The van der Waals surface area contributed by atoms with Crippen LogP contribution in [0.15, 0.2) is 64.9 Å². The number of carbonyl (C=O) groups excluding carboxylic acids is 1. The van der Waals surface area contributed by atoms with E-state index in [2.05, 4.69) is 15.0 Å². The summed E-state index contributed by atoms with van der Waals surface area (Å²) in [6, 6.07) is 15.6. The number of rotatable bonds is 8. The summed E-state index contributed by atoms with van der Waals surface area (Å²) in [5, 5.41) is 4.44. The van der Waals surface area contributed by atoms with E-state index in [1.165, 1.54) is 17.5 Å². The molecule has 0 unspecified atom stereocenters. The second-order valence-electron chi connectivity index (χ2n) is 5.81. The van der Waals surface area contributed by atoms with Crippen LogP contribution >= 0.6 is 11.3 Å². The molecule has 1 amide bonds. The fourth-order valence-corrected chi connectivity index (χ4v) is 4.37. The maximum Gasteiger partial charge on any atom is 0.270 e. The predicted octanol–water partition coefficient (Wildman–Crippen LogP) is 2.93. The number of nitrogens with one attached hydrogen (secondary N) is 2. The summed E-state index contributed by atoms with van der Waals surface area (Å²) in [4.78, 5) is 16.4. The number of thiazole rings is 1. The number of hydrogen-bond acceptors (Lipinski definition) is 6. The zero-order valence-corrected chi connectivity index (χ0v) is 16.7. The Balaban J connectivity index is 1.55. The molecule has 1 heterocycles. The molecule has 7 nitrogen and oxygen atoms in total. The number of nitrogens with zero attached hydrogens (tertiary/aromatic N) is 1. The standard InChI is InChI=1S/C19H19N3O4S2/c1-26-15-9-7-14(8-10-15)11-12-20-18(23)17-13-27-19(21-17)22-28(24,25)16-5-3-2-4-6-16/h2-10,13H,11-12H2,1H3,(H,20,23)(H,21,22). The maximum atomic E-state index is 12.3. The number of sulfonamides is 1. The van der Waals surface area contributed by atoms with E-state index in [4.69, 9.17) is 4.74 Å². The Morgan fingerprint density at radius 3 is 2.50 bits per heavy atom. The fourth-order valence-electron chi connectivity index (χ4n) is 2.40. The molecule has 0 aliphatic carbocycles. The quantitative estimate of drug-likeness (QED) is 0.587. The molecule has 0 saturated heterocycles. The zero-order valence-electron chi connectivity index (χ0n) is 15.1. The zero-order chi connectivity index (χ0) is 20.0. The topological polar surface area (TPSA) is 97.4 Å². The average molecular weight is 418 g/mol. The lowest BCUT2D eigenvalue weighted by Crippen LogP contribution is -2.26. The molecule has 0 bridgehead atoms. The largest absolute Gasteiger partial charge is 0.497 e. The summed E-state index contributed by atoms with van der Waals surface area (Å²) in [7, 11) is -2.12. The van der Waals surface area contributed by atoms with Crippen LogP contribution in [0.2, 0.25) is 0 Å². The number of benzene rings is 2. The summed E-state index contributed by atoms with van der Waals surface area (Å²) >= 11 is 1.06. The summed E-state index contributed by atoms with van der Waals surface area (Å²) in [6.45, 7) is 0.438. The van der Waals surface area contributed by atoms with Crippen LogP contribution in [0, 0.1) is 0 Å². The van der Waals surface area contributed by atoms with Gasteiger partial charge in [-0.05, 0) is 36.2 Å². The molecule has 0 saturated carbocycles. The molecule has 2 aromatic carbocycles. The van der Waals surface area contributed by atoms with Crippen LogP contribution in [0.25, 0.3) is 0 Å². The number of hydrogen-bond donors (Lipinski definition) is 2. The Bertz CT molecular complexity index is 1030. The van der Waals surface area contributed by atoms with E-state index >= 15 is 0 Å². The van der Waals surface area contributed by atoms with Crippen LogP contribution in [0.1, 0.15) is 16.1 Å². The molecule has 3 rings (SSSR count).